The largest absolute Gasteiger partial charge is 0.338 e. The Morgan fingerprint density at radius 2 is 1.80 bits per heavy atom. The number of hydrogen-bond donors (Lipinski definition) is 1. The van der Waals surface area contributed by atoms with E-state index >= 15 is 0 Å². The number of nitrogens with one attached hydrogen (secondary N) is 1. The van der Waals surface area contributed by atoms with Gasteiger partial charge in [-0.1, -0.05) is 10.3 Å². The van der Waals surface area contributed by atoms with Gasteiger partial charge in [-0.05, 0) is 27.7 Å². The number of aromatic nitrogens is 3. The monoisotopic (exact) mass is 348 g/mol. The van der Waals surface area contributed by atoms with Crippen LogP contribution in [0.5, 0.6) is 0 Å². The predicted octanol–water partition coefficient (Wildman–Crippen LogP) is 1.38. The molecule has 0 radical (unpaired) electrons. The number of hydrogen-bond acceptors (Lipinski definition) is 8. The summed E-state index contributed by atoms with van der Waals surface area (Å²) in [6.45, 7) is 10.8. The molecule has 0 spiro atoms. The average molecular weight is 348 g/mol. The summed E-state index contributed by atoms with van der Waals surface area (Å²) >= 11 is 0. The quantitative estimate of drug-likeness (QED) is 0.865. The molecule has 3 heterocycles. The average Bonchev–Trinajstić information content (AvgIpc) is 3.22. The van der Waals surface area contributed by atoms with Crippen LogP contribution >= 0.6 is 0 Å². The molecule has 2 aromatic heterocycles. The summed E-state index contributed by atoms with van der Waals surface area (Å²) in [5.41, 5.74) is 0.738. The van der Waals surface area contributed by atoms with Crippen molar-refractivity contribution in [2.45, 2.75) is 39.8 Å². The Hall–Kier alpha value is -2.26. The summed E-state index contributed by atoms with van der Waals surface area (Å²) in [6.07, 6.45) is 0. The first-order valence-electron chi connectivity index (χ1n) is 8.46. The zero-order valence-electron chi connectivity index (χ0n) is 15.0. The molecule has 1 aliphatic heterocycles. The second-order valence-electron chi connectivity index (χ2n) is 6.43. The van der Waals surface area contributed by atoms with E-state index in [9.17, 15) is 4.79 Å². The molecule has 0 saturated carbocycles. The molecule has 0 unspecified atom stereocenters. The third kappa shape index (κ3) is 4.05. The first-order chi connectivity index (χ1) is 11.9. The standard InChI is InChI=1S/C16H24N6O3/c1-10-9-14(24-19-10)18-15(23)11(2)21-5-7-22(8-6-21)12(3)16-17-13(4)20-25-16/h9,11-12H,5-8H2,1-4H3,(H,18,23)/t11-,12-/m0/s1. The lowest BCUT2D eigenvalue weighted by molar-refractivity contribution is -0.121. The van der Waals surface area contributed by atoms with E-state index in [4.69, 9.17) is 9.05 Å². The van der Waals surface area contributed by atoms with Crippen LogP contribution in [0.15, 0.2) is 15.1 Å². The highest BCUT2D eigenvalue weighted by molar-refractivity contribution is 5.93. The van der Waals surface area contributed by atoms with Crippen molar-refractivity contribution in [2.75, 3.05) is 31.5 Å². The fourth-order valence-corrected chi connectivity index (χ4v) is 2.97. The zero-order valence-corrected chi connectivity index (χ0v) is 15.0. The SMILES string of the molecule is Cc1cc(NC(=O)[C@H](C)N2CCN([C@@H](C)c3nc(C)no3)CC2)on1. The molecule has 25 heavy (non-hydrogen) atoms. The van der Waals surface area contributed by atoms with Gasteiger partial charge in [0.25, 0.3) is 0 Å². The summed E-state index contributed by atoms with van der Waals surface area (Å²) in [7, 11) is 0. The highest BCUT2D eigenvalue weighted by Gasteiger charge is 2.29. The Morgan fingerprint density at radius 3 is 2.36 bits per heavy atom. The Bertz CT molecular complexity index is 719. The van der Waals surface area contributed by atoms with Crippen LogP contribution in [0.4, 0.5) is 5.88 Å². The first-order valence-corrected chi connectivity index (χ1v) is 8.46. The lowest BCUT2D eigenvalue weighted by atomic mass is 10.2. The molecule has 3 rings (SSSR count). The van der Waals surface area contributed by atoms with Gasteiger partial charge in [0, 0.05) is 32.2 Å². The van der Waals surface area contributed by atoms with E-state index in [0.717, 1.165) is 31.9 Å². The first kappa shape index (κ1) is 17.6. The van der Waals surface area contributed by atoms with Crippen LogP contribution in [0.3, 0.4) is 0 Å². The van der Waals surface area contributed by atoms with Crippen molar-refractivity contribution < 1.29 is 13.8 Å². The number of piperazine rings is 1. The van der Waals surface area contributed by atoms with Gasteiger partial charge in [0.15, 0.2) is 5.82 Å². The number of nitrogens with zero attached hydrogens (tertiary/aromatic N) is 5. The molecule has 2 aromatic rings. The molecule has 9 heteroatoms. The number of carbonyl (C=O) groups excluding carboxylic acids is 1. The molecule has 136 valence electrons. The van der Waals surface area contributed by atoms with Gasteiger partial charge in [0.1, 0.15) is 0 Å². The minimum absolute atomic E-state index is 0.0738. The van der Waals surface area contributed by atoms with Gasteiger partial charge in [-0.15, -0.1) is 0 Å². The highest BCUT2D eigenvalue weighted by Crippen LogP contribution is 2.21. The van der Waals surface area contributed by atoms with Crippen molar-refractivity contribution in [3.05, 3.63) is 23.5 Å². The Balaban J connectivity index is 1.51. The van der Waals surface area contributed by atoms with E-state index in [2.05, 4.69) is 37.3 Å². The van der Waals surface area contributed by atoms with E-state index in [1.165, 1.54) is 0 Å². The molecule has 2 atom stereocenters. The fourth-order valence-electron chi connectivity index (χ4n) is 2.97. The summed E-state index contributed by atoms with van der Waals surface area (Å²) in [4.78, 5) is 21.1. The molecule has 1 aliphatic rings. The number of rotatable bonds is 5. The normalized spacial score (nSPS) is 18.9. The van der Waals surface area contributed by atoms with Gasteiger partial charge in [-0.3, -0.25) is 19.9 Å². The van der Waals surface area contributed by atoms with Crippen molar-refractivity contribution in [3.63, 3.8) is 0 Å². The van der Waals surface area contributed by atoms with Crippen molar-refractivity contribution in [2.24, 2.45) is 0 Å². The Labute approximate surface area is 146 Å². The number of anilines is 1. The fraction of sp³-hybridized carbons (Fsp3) is 0.625. The van der Waals surface area contributed by atoms with Gasteiger partial charge in [-0.2, -0.15) is 4.98 Å². The topological polar surface area (TPSA) is 101 Å². The molecular formula is C16H24N6O3. The molecule has 0 aromatic carbocycles. The van der Waals surface area contributed by atoms with Gasteiger partial charge in [-0.25, -0.2) is 0 Å². The Morgan fingerprint density at radius 1 is 1.12 bits per heavy atom. The molecule has 1 N–H and O–H groups in total. The second kappa shape index (κ2) is 7.32. The van der Waals surface area contributed by atoms with Crippen molar-refractivity contribution in [3.8, 4) is 0 Å². The van der Waals surface area contributed by atoms with E-state index in [0.29, 0.717) is 17.6 Å². The molecular weight excluding hydrogens is 324 g/mol. The van der Waals surface area contributed by atoms with Gasteiger partial charge < -0.3 is 9.05 Å². The molecule has 9 nitrogen and oxygen atoms in total. The van der Waals surface area contributed by atoms with Crippen molar-refractivity contribution >= 4 is 11.8 Å². The van der Waals surface area contributed by atoms with Crippen LogP contribution < -0.4 is 5.32 Å². The third-order valence-corrected chi connectivity index (χ3v) is 4.60. The number of amides is 1. The van der Waals surface area contributed by atoms with E-state index in [-0.39, 0.29) is 18.0 Å². The maximum atomic E-state index is 12.4. The van der Waals surface area contributed by atoms with Crippen LogP contribution in [-0.4, -0.2) is 63.2 Å². The minimum atomic E-state index is -0.242. The molecule has 0 bridgehead atoms. The molecule has 0 aliphatic carbocycles. The van der Waals surface area contributed by atoms with Crippen LogP contribution in [0, 0.1) is 13.8 Å². The molecule has 1 fully saturated rings. The van der Waals surface area contributed by atoms with Crippen LogP contribution in [0.25, 0.3) is 0 Å². The van der Waals surface area contributed by atoms with Crippen LogP contribution in [0.2, 0.25) is 0 Å². The second-order valence-corrected chi connectivity index (χ2v) is 6.43. The van der Waals surface area contributed by atoms with Crippen molar-refractivity contribution in [1.29, 1.82) is 0 Å². The summed E-state index contributed by atoms with van der Waals surface area (Å²) < 4.78 is 10.3. The van der Waals surface area contributed by atoms with E-state index < -0.39 is 0 Å². The van der Waals surface area contributed by atoms with Gasteiger partial charge in [0.2, 0.25) is 17.7 Å². The predicted molar refractivity (Wildman–Crippen MR) is 89.9 cm³/mol. The lowest BCUT2D eigenvalue weighted by Crippen LogP contribution is -2.53. The summed E-state index contributed by atoms with van der Waals surface area (Å²) in [5.74, 6) is 1.57. The lowest BCUT2D eigenvalue weighted by Gasteiger charge is -2.38. The van der Waals surface area contributed by atoms with Crippen LogP contribution in [-0.2, 0) is 4.79 Å². The van der Waals surface area contributed by atoms with Crippen molar-refractivity contribution in [1.82, 2.24) is 25.1 Å². The summed E-state index contributed by atoms with van der Waals surface area (Å²) in [5, 5.41) is 10.4. The number of aryl methyl sites for hydroxylation is 2. The Kier molecular flexibility index (Phi) is 5.14. The summed E-state index contributed by atoms with van der Waals surface area (Å²) in [6, 6.07) is 1.54. The van der Waals surface area contributed by atoms with Gasteiger partial charge in [0.05, 0.1) is 17.8 Å². The van der Waals surface area contributed by atoms with Crippen LogP contribution in [0.1, 0.15) is 37.3 Å². The van der Waals surface area contributed by atoms with E-state index in [1.54, 1.807) is 6.07 Å². The minimum Gasteiger partial charge on any atom is -0.338 e. The third-order valence-electron chi connectivity index (χ3n) is 4.60. The molecule has 1 amide bonds. The van der Waals surface area contributed by atoms with E-state index in [1.807, 2.05) is 20.8 Å². The van der Waals surface area contributed by atoms with Gasteiger partial charge >= 0.3 is 0 Å². The molecule has 1 saturated heterocycles. The maximum absolute atomic E-state index is 12.4. The maximum Gasteiger partial charge on any atom is 0.243 e. The number of carbonyl (C=O) groups is 1. The zero-order chi connectivity index (χ0) is 18.0. The smallest absolute Gasteiger partial charge is 0.243 e. The highest BCUT2D eigenvalue weighted by atomic mass is 16.5.